The fourth-order valence-corrected chi connectivity index (χ4v) is 3.08. The van der Waals surface area contributed by atoms with Gasteiger partial charge in [0.2, 0.25) is 5.91 Å². The molecule has 0 aliphatic heterocycles. The predicted octanol–water partition coefficient (Wildman–Crippen LogP) is 4.52. The molecule has 0 saturated heterocycles. The Morgan fingerprint density at radius 1 is 1.33 bits per heavy atom. The van der Waals surface area contributed by atoms with E-state index in [1.807, 2.05) is 0 Å². The summed E-state index contributed by atoms with van der Waals surface area (Å²) < 4.78 is 16.4. The van der Waals surface area contributed by atoms with Gasteiger partial charge >= 0.3 is 0 Å². The Morgan fingerprint density at radius 3 is 2.93 bits per heavy atom. The second kappa shape index (κ2) is 9.16. The van der Waals surface area contributed by atoms with Crippen molar-refractivity contribution in [2.45, 2.75) is 24.8 Å². The van der Waals surface area contributed by atoms with E-state index in [2.05, 4.69) is 15.5 Å². The molecule has 0 bridgehead atoms. The molecule has 1 N–H and O–H groups in total. The molecule has 27 heavy (non-hydrogen) atoms. The Balaban J connectivity index is 1.49. The lowest BCUT2D eigenvalue weighted by atomic mass is 10.3. The van der Waals surface area contributed by atoms with Crippen LogP contribution in [0.1, 0.15) is 24.7 Å². The zero-order valence-electron chi connectivity index (χ0n) is 14.1. The number of benzene rings is 1. The molecule has 0 radical (unpaired) electrons. The number of hydrogen-bond donors (Lipinski definition) is 1. The zero-order chi connectivity index (χ0) is 19.2. The van der Waals surface area contributed by atoms with Crippen LogP contribution in [-0.4, -0.2) is 21.9 Å². The van der Waals surface area contributed by atoms with Crippen molar-refractivity contribution in [2.75, 3.05) is 5.75 Å². The SMILES string of the molecule is C[C@H](Oc1ccc(Cl)cc1Cl)c1nnc(SCC(=O)NCc2ccco2)o1. The number of rotatable bonds is 8. The first-order chi connectivity index (χ1) is 13.0. The highest BCUT2D eigenvalue weighted by Crippen LogP contribution is 2.31. The van der Waals surface area contributed by atoms with E-state index in [0.717, 1.165) is 11.8 Å². The Kier molecular flexibility index (Phi) is 6.65. The molecule has 10 heteroatoms. The van der Waals surface area contributed by atoms with Crippen LogP contribution in [0.5, 0.6) is 5.75 Å². The van der Waals surface area contributed by atoms with E-state index in [4.69, 9.17) is 36.8 Å². The van der Waals surface area contributed by atoms with Gasteiger partial charge in [-0.05, 0) is 37.3 Å². The van der Waals surface area contributed by atoms with Crippen LogP contribution in [0, 0.1) is 0 Å². The molecule has 0 unspecified atom stereocenters. The third-order valence-electron chi connectivity index (χ3n) is 3.33. The van der Waals surface area contributed by atoms with Gasteiger partial charge in [-0.3, -0.25) is 4.79 Å². The average Bonchev–Trinajstić information content (AvgIpc) is 3.32. The van der Waals surface area contributed by atoms with Crippen molar-refractivity contribution in [1.29, 1.82) is 0 Å². The third kappa shape index (κ3) is 5.66. The molecule has 0 saturated carbocycles. The summed E-state index contributed by atoms with van der Waals surface area (Å²) in [6.45, 7) is 2.08. The number of nitrogens with one attached hydrogen (secondary N) is 1. The van der Waals surface area contributed by atoms with Gasteiger partial charge in [0.15, 0.2) is 6.10 Å². The summed E-state index contributed by atoms with van der Waals surface area (Å²) >= 11 is 13.1. The molecule has 142 valence electrons. The highest BCUT2D eigenvalue weighted by atomic mass is 35.5. The first-order valence-electron chi connectivity index (χ1n) is 7.88. The molecule has 1 amide bonds. The molecule has 3 aromatic rings. The number of halogens is 2. The topological polar surface area (TPSA) is 90.4 Å². The summed E-state index contributed by atoms with van der Waals surface area (Å²) in [5.74, 6) is 1.38. The zero-order valence-corrected chi connectivity index (χ0v) is 16.5. The maximum atomic E-state index is 11.8. The molecule has 0 aliphatic carbocycles. The van der Waals surface area contributed by atoms with E-state index in [9.17, 15) is 4.79 Å². The Bertz CT molecular complexity index is 901. The van der Waals surface area contributed by atoms with Crippen LogP contribution in [0.4, 0.5) is 0 Å². The number of carbonyl (C=O) groups excluding carboxylic acids is 1. The Hall–Kier alpha value is -2.16. The van der Waals surface area contributed by atoms with E-state index >= 15 is 0 Å². The van der Waals surface area contributed by atoms with Gasteiger partial charge < -0.3 is 18.9 Å². The van der Waals surface area contributed by atoms with Crippen LogP contribution in [0.25, 0.3) is 0 Å². The second-order valence-electron chi connectivity index (χ2n) is 5.39. The van der Waals surface area contributed by atoms with Gasteiger partial charge in [-0.1, -0.05) is 35.0 Å². The molecule has 7 nitrogen and oxygen atoms in total. The summed E-state index contributed by atoms with van der Waals surface area (Å²) in [4.78, 5) is 11.8. The molecule has 3 rings (SSSR count). The fourth-order valence-electron chi connectivity index (χ4n) is 2.03. The summed E-state index contributed by atoms with van der Waals surface area (Å²) in [6, 6.07) is 8.47. The monoisotopic (exact) mass is 427 g/mol. The number of thioether (sulfide) groups is 1. The summed E-state index contributed by atoms with van der Waals surface area (Å²) in [5, 5.41) is 11.8. The molecule has 2 aromatic heterocycles. The van der Waals surface area contributed by atoms with Crippen molar-refractivity contribution in [3.8, 4) is 5.75 Å². The number of furan rings is 1. The summed E-state index contributed by atoms with van der Waals surface area (Å²) in [6.07, 6.45) is 1.04. The number of carbonyl (C=O) groups is 1. The van der Waals surface area contributed by atoms with E-state index in [-0.39, 0.29) is 22.8 Å². The summed E-state index contributed by atoms with van der Waals surface area (Å²) in [7, 11) is 0. The molecule has 0 spiro atoms. The van der Waals surface area contributed by atoms with Gasteiger partial charge in [-0.15, -0.1) is 10.2 Å². The molecule has 0 aliphatic rings. The van der Waals surface area contributed by atoms with Crippen LogP contribution >= 0.6 is 35.0 Å². The van der Waals surface area contributed by atoms with Gasteiger partial charge in [-0.25, -0.2) is 0 Å². The van der Waals surface area contributed by atoms with E-state index in [0.29, 0.717) is 28.1 Å². The van der Waals surface area contributed by atoms with Crippen molar-refractivity contribution in [3.63, 3.8) is 0 Å². The van der Waals surface area contributed by atoms with E-state index in [1.165, 1.54) is 0 Å². The molecule has 2 heterocycles. The standard InChI is InChI=1S/C17H15Cl2N3O4S/c1-10(25-14-5-4-11(18)7-13(14)19)16-21-22-17(26-16)27-9-15(23)20-8-12-3-2-6-24-12/h2-7,10H,8-9H2,1H3,(H,20,23)/t10-/m0/s1. The van der Waals surface area contributed by atoms with Crippen LogP contribution in [0.15, 0.2) is 50.7 Å². The molecular weight excluding hydrogens is 413 g/mol. The summed E-state index contributed by atoms with van der Waals surface area (Å²) in [5.41, 5.74) is 0. The molecular formula is C17H15Cl2N3O4S. The maximum Gasteiger partial charge on any atom is 0.277 e. The van der Waals surface area contributed by atoms with E-state index in [1.54, 1.807) is 43.5 Å². The minimum absolute atomic E-state index is 0.139. The van der Waals surface area contributed by atoms with Gasteiger partial charge in [0, 0.05) is 5.02 Å². The maximum absolute atomic E-state index is 11.8. The van der Waals surface area contributed by atoms with Crippen LogP contribution in [0.3, 0.4) is 0 Å². The smallest absolute Gasteiger partial charge is 0.277 e. The average molecular weight is 428 g/mol. The van der Waals surface area contributed by atoms with Crippen LogP contribution < -0.4 is 10.1 Å². The molecule has 0 fully saturated rings. The van der Waals surface area contributed by atoms with Gasteiger partial charge in [0.05, 0.1) is 23.6 Å². The van der Waals surface area contributed by atoms with Crippen molar-refractivity contribution in [1.82, 2.24) is 15.5 Å². The lowest BCUT2D eigenvalue weighted by molar-refractivity contribution is -0.118. The van der Waals surface area contributed by atoms with Gasteiger partial charge in [0.25, 0.3) is 11.1 Å². The van der Waals surface area contributed by atoms with Gasteiger partial charge in [-0.2, -0.15) is 0 Å². The molecule has 1 atom stereocenters. The fraction of sp³-hybridized carbons (Fsp3) is 0.235. The Labute approximate surface area is 169 Å². The normalized spacial score (nSPS) is 12.0. The number of hydrogen-bond acceptors (Lipinski definition) is 7. The molecule has 1 aromatic carbocycles. The highest BCUT2D eigenvalue weighted by molar-refractivity contribution is 7.99. The highest BCUT2D eigenvalue weighted by Gasteiger charge is 2.18. The predicted molar refractivity (Wildman–Crippen MR) is 101 cm³/mol. The minimum Gasteiger partial charge on any atom is -0.479 e. The second-order valence-corrected chi connectivity index (χ2v) is 7.16. The van der Waals surface area contributed by atoms with Crippen molar-refractivity contribution < 1.29 is 18.4 Å². The number of ether oxygens (including phenoxy) is 1. The lowest BCUT2D eigenvalue weighted by Crippen LogP contribution is -2.24. The Morgan fingerprint density at radius 2 is 2.19 bits per heavy atom. The van der Waals surface area contributed by atoms with Crippen molar-refractivity contribution in [2.24, 2.45) is 0 Å². The first-order valence-corrected chi connectivity index (χ1v) is 9.62. The van der Waals surface area contributed by atoms with Crippen LogP contribution in [-0.2, 0) is 11.3 Å². The lowest BCUT2D eigenvalue weighted by Gasteiger charge is -2.12. The van der Waals surface area contributed by atoms with Crippen molar-refractivity contribution >= 4 is 40.9 Å². The third-order valence-corrected chi connectivity index (χ3v) is 4.68. The van der Waals surface area contributed by atoms with E-state index < -0.39 is 6.10 Å². The first kappa shape index (κ1) is 19.6. The van der Waals surface area contributed by atoms with Crippen molar-refractivity contribution in [3.05, 3.63) is 58.3 Å². The largest absolute Gasteiger partial charge is 0.479 e. The number of nitrogens with zero attached hydrogens (tertiary/aromatic N) is 2. The quantitative estimate of drug-likeness (QED) is 0.528. The van der Waals surface area contributed by atoms with Gasteiger partial charge in [0.1, 0.15) is 11.5 Å². The number of aromatic nitrogens is 2. The number of amides is 1. The van der Waals surface area contributed by atoms with Crippen LogP contribution in [0.2, 0.25) is 10.0 Å². The minimum atomic E-state index is -0.515.